The Hall–Kier alpha value is -2.88. The number of likely N-dealkylation sites (tertiary alicyclic amines) is 1. The summed E-state index contributed by atoms with van der Waals surface area (Å²) in [6, 6.07) is 16.3. The molecule has 1 aliphatic heterocycles. The van der Waals surface area contributed by atoms with Gasteiger partial charge in [0.15, 0.2) is 0 Å². The summed E-state index contributed by atoms with van der Waals surface area (Å²) in [5.74, 6) is 0.0628. The van der Waals surface area contributed by atoms with E-state index in [-0.39, 0.29) is 11.8 Å². The Balaban J connectivity index is 1.74. The number of hydrogen-bond donors (Lipinski definition) is 1. The molecule has 0 bridgehead atoms. The number of carbonyl (C=O) groups is 2. The molecular weight excluding hydrogens is 312 g/mol. The van der Waals surface area contributed by atoms with E-state index >= 15 is 0 Å². The van der Waals surface area contributed by atoms with Crippen molar-refractivity contribution in [3.63, 3.8) is 0 Å². The molecule has 128 valence electrons. The van der Waals surface area contributed by atoms with Crippen LogP contribution in [0.1, 0.15) is 24.0 Å². The van der Waals surface area contributed by atoms with E-state index in [1.54, 1.807) is 0 Å². The Kier molecular flexibility index (Phi) is 5.29. The van der Waals surface area contributed by atoms with Gasteiger partial charge in [0.2, 0.25) is 11.8 Å². The lowest BCUT2D eigenvalue weighted by Crippen LogP contribution is -2.23. The van der Waals surface area contributed by atoms with Gasteiger partial charge >= 0.3 is 0 Å². The lowest BCUT2D eigenvalue weighted by molar-refractivity contribution is -0.128. The number of rotatable bonds is 6. The molecule has 0 aromatic heterocycles. The quantitative estimate of drug-likeness (QED) is 0.824. The second-order valence-electron chi connectivity index (χ2n) is 6.19. The number of benzene rings is 2. The van der Waals surface area contributed by atoms with Gasteiger partial charge < -0.3 is 10.2 Å². The van der Waals surface area contributed by atoms with E-state index in [9.17, 15) is 9.59 Å². The van der Waals surface area contributed by atoms with Crippen LogP contribution in [0.2, 0.25) is 0 Å². The summed E-state index contributed by atoms with van der Waals surface area (Å²) in [6.07, 6.45) is 2.90. The zero-order valence-corrected chi connectivity index (χ0v) is 14.2. The van der Waals surface area contributed by atoms with E-state index < -0.39 is 0 Å². The third-order valence-corrected chi connectivity index (χ3v) is 4.47. The first kappa shape index (κ1) is 17.0. The number of nitrogens with zero attached hydrogens (tertiary/aromatic N) is 1. The van der Waals surface area contributed by atoms with Gasteiger partial charge in [-0.05, 0) is 34.8 Å². The van der Waals surface area contributed by atoms with Crippen molar-refractivity contribution in [1.82, 2.24) is 10.2 Å². The third-order valence-electron chi connectivity index (χ3n) is 4.47. The van der Waals surface area contributed by atoms with Gasteiger partial charge in [-0.3, -0.25) is 9.59 Å². The van der Waals surface area contributed by atoms with Crippen LogP contribution in [0.15, 0.2) is 61.2 Å². The van der Waals surface area contributed by atoms with E-state index in [2.05, 4.69) is 42.2 Å². The van der Waals surface area contributed by atoms with Gasteiger partial charge in [0.1, 0.15) is 0 Å². The highest BCUT2D eigenvalue weighted by atomic mass is 16.2. The maximum Gasteiger partial charge on any atom is 0.243 e. The van der Waals surface area contributed by atoms with Gasteiger partial charge in [-0.1, -0.05) is 55.1 Å². The molecule has 2 aromatic carbocycles. The van der Waals surface area contributed by atoms with Gasteiger partial charge in [0.05, 0.1) is 0 Å². The molecule has 3 rings (SSSR count). The zero-order valence-electron chi connectivity index (χ0n) is 14.2. The smallest absolute Gasteiger partial charge is 0.243 e. The molecule has 0 saturated carbocycles. The highest BCUT2D eigenvalue weighted by Gasteiger charge is 2.19. The van der Waals surface area contributed by atoms with E-state index in [0.29, 0.717) is 19.5 Å². The molecule has 2 aromatic rings. The van der Waals surface area contributed by atoms with Crippen molar-refractivity contribution in [2.45, 2.75) is 25.9 Å². The van der Waals surface area contributed by atoms with E-state index in [1.165, 1.54) is 6.08 Å². The molecule has 4 nitrogen and oxygen atoms in total. The minimum absolute atomic E-state index is 0.180. The molecule has 1 aliphatic rings. The standard InChI is InChI=1S/C21H22N2O2/c1-2-20(24)22-14-18-6-3-4-7-19(18)17-11-9-16(10-12-17)15-23-13-5-8-21(23)25/h2-4,6-7,9-12H,1,5,8,13-15H2,(H,22,24). The maximum atomic E-state index is 11.7. The highest BCUT2D eigenvalue weighted by molar-refractivity contribution is 5.87. The van der Waals surface area contributed by atoms with E-state index in [0.717, 1.165) is 35.2 Å². The van der Waals surface area contributed by atoms with Crippen molar-refractivity contribution in [2.75, 3.05) is 6.54 Å². The molecule has 2 amide bonds. The van der Waals surface area contributed by atoms with Crippen LogP contribution in [0.4, 0.5) is 0 Å². The third kappa shape index (κ3) is 4.15. The Labute approximate surface area is 148 Å². The normalized spacial score (nSPS) is 13.8. The van der Waals surface area contributed by atoms with Crippen LogP contribution in [0.5, 0.6) is 0 Å². The van der Waals surface area contributed by atoms with Crippen molar-refractivity contribution >= 4 is 11.8 Å². The molecule has 0 spiro atoms. The molecule has 1 N–H and O–H groups in total. The van der Waals surface area contributed by atoms with E-state index in [1.807, 2.05) is 23.1 Å². The Morgan fingerprint density at radius 3 is 2.60 bits per heavy atom. The minimum atomic E-state index is -0.180. The number of hydrogen-bond acceptors (Lipinski definition) is 2. The van der Waals surface area contributed by atoms with Gasteiger partial charge in [-0.25, -0.2) is 0 Å². The molecule has 1 heterocycles. The molecular formula is C21H22N2O2. The first-order valence-electron chi connectivity index (χ1n) is 8.52. The molecule has 25 heavy (non-hydrogen) atoms. The van der Waals surface area contributed by atoms with Crippen LogP contribution < -0.4 is 5.32 Å². The molecule has 0 atom stereocenters. The second kappa shape index (κ2) is 7.79. The highest BCUT2D eigenvalue weighted by Crippen LogP contribution is 2.25. The molecule has 0 radical (unpaired) electrons. The van der Waals surface area contributed by atoms with Crippen LogP contribution in [-0.2, 0) is 22.7 Å². The second-order valence-corrected chi connectivity index (χ2v) is 6.19. The molecule has 0 aliphatic carbocycles. The number of amides is 2. The zero-order chi connectivity index (χ0) is 17.6. The van der Waals surface area contributed by atoms with Crippen LogP contribution >= 0.6 is 0 Å². The van der Waals surface area contributed by atoms with Crippen molar-refractivity contribution in [1.29, 1.82) is 0 Å². The summed E-state index contributed by atoms with van der Waals surface area (Å²) in [5.41, 5.74) is 4.38. The summed E-state index contributed by atoms with van der Waals surface area (Å²) in [4.78, 5) is 25.1. The Bertz CT molecular complexity index is 781. The summed E-state index contributed by atoms with van der Waals surface area (Å²) < 4.78 is 0. The number of nitrogens with one attached hydrogen (secondary N) is 1. The minimum Gasteiger partial charge on any atom is -0.348 e. The number of carbonyl (C=O) groups excluding carboxylic acids is 2. The van der Waals surface area contributed by atoms with Crippen molar-refractivity contribution in [3.05, 3.63) is 72.3 Å². The average Bonchev–Trinajstić information content (AvgIpc) is 3.05. The first-order valence-corrected chi connectivity index (χ1v) is 8.52. The topological polar surface area (TPSA) is 49.4 Å². The van der Waals surface area contributed by atoms with Crippen molar-refractivity contribution in [3.8, 4) is 11.1 Å². The summed E-state index contributed by atoms with van der Waals surface area (Å²) >= 11 is 0. The van der Waals surface area contributed by atoms with Gasteiger partial charge in [-0.15, -0.1) is 0 Å². The molecule has 0 unspecified atom stereocenters. The monoisotopic (exact) mass is 334 g/mol. The van der Waals surface area contributed by atoms with Gasteiger partial charge in [-0.2, -0.15) is 0 Å². The van der Waals surface area contributed by atoms with Gasteiger partial charge in [0, 0.05) is 26.1 Å². The molecule has 4 heteroatoms. The van der Waals surface area contributed by atoms with Crippen LogP contribution in [-0.4, -0.2) is 23.3 Å². The predicted octanol–water partition coefficient (Wildman–Crippen LogP) is 3.28. The fourth-order valence-electron chi connectivity index (χ4n) is 3.09. The predicted molar refractivity (Wildman–Crippen MR) is 98.6 cm³/mol. The fraction of sp³-hybridized carbons (Fsp3) is 0.238. The summed E-state index contributed by atoms with van der Waals surface area (Å²) in [6.45, 7) is 5.46. The van der Waals surface area contributed by atoms with Crippen LogP contribution in [0.3, 0.4) is 0 Å². The van der Waals surface area contributed by atoms with Crippen molar-refractivity contribution < 1.29 is 9.59 Å². The van der Waals surface area contributed by atoms with Crippen LogP contribution in [0.25, 0.3) is 11.1 Å². The van der Waals surface area contributed by atoms with Crippen LogP contribution in [0, 0.1) is 0 Å². The summed E-state index contributed by atoms with van der Waals surface area (Å²) in [7, 11) is 0. The SMILES string of the molecule is C=CC(=O)NCc1ccccc1-c1ccc(CN2CCCC2=O)cc1. The Morgan fingerprint density at radius 1 is 1.16 bits per heavy atom. The lowest BCUT2D eigenvalue weighted by atomic mass is 9.98. The lowest BCUT2D eigenvalue weighted by Gasteiger charge is -2.16. The van der Waals surface area contributed by atoms with Crippen molar-refractivity contribution in [2.24, 2.45) is 0 Å². The molecule has 1 fully saturated rings. The Morgan fingerprint density at radius 2 is 1.92 bits per heavy atom. The molecule has 1 saturated heterocycles. The largest absolute Gasteiger partial charge is 0.348 e. The maximum absolute atomic E-state index is 11.7. The fourth-order valence-corrected chi connectivity index (χ4v) is 3.09. The summed E-state index contributed by atoms with van der Waals surface area (Å²) in [5, 5.41) is 2.82. The van der Waals surface area contributed by atoms with E-state index in [4.69, 9.17) is 0 Å². The first-order chi connectivity index (χ1) is 12.2. The average molecular weight is 334 g/mol. The van der Waals surface area contributed by atoms with Gasteiger partial charge in [0.25, 0.3) is 0 Å².